The van der Waals surface area contributed by atoms with Crippen LogP contribution in [0.15, 0.2) is 0 Å². The van der Waals surface area contributed by atoms with Crippen molar-refractivity contribution in [3.63, 3.8) is 0 Å². The first kappa shape index (κ1) is 38.1. The molecule has 2 atom stereocenters. The molecule has 0 heterocycles. The standard InChI is InChI=1S/C6H8O7.C4H6O6.CH2O3.2Na/c7-3(8)1-6(13,5(11)12)2-4(9)10;5-1(3(7)8)2(6)4(9)10;2-1(3)4;;/h13H,1-2H2,(H,7,8)(H,9,10)(H,11,12);1-2,5-6H,(H,7,8)(H,9,10);(H2,2,3,4);;/q;;;2*+1/p-2. The van der Waals surface area contributed by atoms with Crippen LogP contribution in [0.3, 0.4) is 0 Å². The first-order valence-electron chi connectivity index (χ1n) is 6.07. The molecule has 8 N–H and O–H groups in total. The summed E-state index contributed by atoms with van der Waals surface area (Å²) in [4.78, 5) is 58.4. The molecule has 29 heavy (non-hydrogen) atoms. The zero-order valence-corrected chi connectivity index (χ0v) is 18.9. The quantitative estimate of drug-likeness (QED) is 0.160. The van der Waals surface area contributed by atoms with Crippen molar-refractivity contribution in [2.45, 2.75) is 30.7 Å². The van der Waals surface area contributed by atoms with Gasteiger partial charge >= 0.3 is 89.0 Å². The summed E-state index contributed by atoms with van der Waals surface area (Å²) < 4.78 is 0. The Balaban J connectivity index is -0.000000107. The van der Waals surface area contributed by atoms with Crippen LogP contribution in [0.1, 0.15) is 12.8 Å². The number of carboxylic acids is 5. The van der Waals surface area contributed by atoms with Crippen molar-refractivity contribution in [3.8, 4) is 0 Å². The van der Waals surface area contributed by atoms with Crippen LogP contribution in [-0.4, -0.2) is 94.7 Å². The smallest absolute Gasteiger partial charge is 0.652 e. The Morgan fingerprint density at radius 3 is 1.00 bits per heavy atom. The second kappa shape index (κ2) is 18.5. The molecule has 0 bridgehead atoms. The third kappa shape index (κ3) is 22.7. The number of hydrogen-bond donors (Lipinski definition) is 8. The number of carboxylic acid groups (broad SMARTS) is 7. The summed E-state index contributed by atoms with van der Waals surface area (Å²) >= 11 is 0. The fraction of sp³-hybridized carbons (Fsp3) is 0.455. The molecule has 0 aliphatic heterocycles. The number of hydrogen-bond acceptors (Lipinski definition) is 11. The van der Waals surface area contributed by atoms with Gasteiger partial charge in [0, 0.05) is 0 Å². The summed E-state index contributed by atoms with van der Waals surface area (Å²) in [5.41, 5.74) is -2.74. The van der Waals surface area contributed by atoms with Crippen LogP contribution < -0.4 is 69.3 Å². The Morgan fingerprint density at radius 2 is 0.897 bits per heavy atom. The van der Waals surface area contributed by atoms with Gasteiger partial charge in [-0.2, -0.15) is 0 Å². The number of rotatable bonds is 8. The molecule has 2 unspecified atom stereocenters. The van der Waals surface area contributed by atoms with Crippen molar-refractivity contribution in [1.29, 1.82) is 0 Å². The summed E-state index contributed by atoms with van der Waals surface area (Å²) in [7, 11) is 0. The first-order chi connectivity index (χ1) is 12.0. The van der Waals surface area contributed by atoms with E-state index in [0.717, 1.165) is 0 Å². The van der Waals surface area contributed by atoms with Crippen molar-refractivity contribution in [3.05, 3.63) is 0 Å². The van der Waals surface area contributed by atoms with E-state index in [1.54, 1.807) is 0 Å². The van der Waals surface area contributed by atoms with Gasteiger partial charge < -0.3 is 55.9 Å². The fourth-order valence-corrected chi connectivity index (χ4v) is 0.984. The van der Waals surface area contributed by atoms with E-state index in [4.69, 9.17) is 55.9 Å². The van der Waals surface area contributed by atoms with E-state index in [1.165, 1.54) is 0 Å². The van der Waals surface area contributed by atoms with Crippen LogP contribution in [0.2, 0.25) is 0 Å². The van der Waals surface area contributed by atoms with Crippen molar-refractivity contribution in [2.24, 2.45) is 0 Å². The van der Waals surface area contributed by atoms with Crippen LogP contribution >= 0.6 is 0 Å². The minimum Gasteiger partial charge on any atom is -0.652 e. The molecule has 0 saturated carbocycles. The van der Waals surface area contributed by atoms with Crippen molar-refractivity contribution in [2.75, 3.05) is 0 Å². The second-order valence-electron chi connectivity index (χ2n) is 4.29. The molecule has 0 fully saturated rings. The van der Waals surface area contributed by atoms with Gasteiger partial charge in [-0.15, -0.1) is 0 Å². The average Bonchev–Trinajstić information content (AvgIpc) is 2.43. The topological polar surface area (TPSA) is 310 Å². The molecule has 0 aliphatic carbocycles. The maximum absolute atomic E-state index is 10.3. The molecular weight excluding hydrogens is 434 g/mol. The van der Waals surface area contributed by atoms with Crippen LogP contribution in [0, 0.1) is 0 Å². The predicted octanol–water partition coefficient (Wildman–Crippen LogP) is -11.8. The van der Waals surface area contributed by atoms with Gasteiger partial charge in [-0.1, -0.05) is 0 Å². The molecule has 0 spiro atoms. The predicted molar refractivity (Wildman–Crippen MR) is 69.8 cm³/mol. The van der Waals surface area contributed by atoms with E-state index in [2.05, 4.69) is 0 Å². The molecule has 18 heteroatoms. The second-order valence-corrected chi connectivity index (χ2v) is 4.29. The van der Waals surface area contributed by atoms with Gasteiger partial charge in [0.05, 0.1) is 12.8 Å². The molecular formula is C11H14Na2O16. The monoisotopic (exact) mass is 448 g/mol. The maximum Gasteiger partial charge on any atom is 1.00 e. The molecule has 0 amide bonds. The molecule has 0 aliphatic rings. The first-order valence-corrected chi connectivity index (χ1v) is 6.07. The van der Waals surface area contributed by atoms with Crippen LogP contribution in [0.4, 0.5) is 4.79 Å². The zero-order chi connectivity index (χ0) is 22.5. The number of aliphatic carboxylic acids is 5. The largest absolute Gasteiger partial charge is 1.00 e. The molecule has 0 aromatic rings. The normalized spacial score (nSPS) is 11.1. The summed E-state index contributed by atoms with van der Waals surface area (Å²) in [5.74, 6) is -8.56. The van der Waals surface area contributed by atoms with E-state index in [1.807, 2.05) is 0 Å². The SMILES string of the molecule is O=C(O)C(O)C(O)C(=O)O.O=C(O)CC(O)(CC(=O)O)C(=O)O.O=C([O-])[O-].[Na+].[Na+]. The molecule has 0 rings (SSSR count). The molecule has 16 nitrogen and oxygen atoms in total. The van der Waals surface area contributed by atoms with E-state index >= 15 is 0 Å². The Bertz CT molecular complexity index is 537. The van der Waals surface area contributed by atoms with Crippen LogP contribution in [0.25, 0.3) is 0 Å². The number of aliphatic hydroxyl groups is 3. The van der Waals surface area contributed by atoms with Gasteiger partial charge in [0.1, 0.15) is 0 Å². The summed E-state index contributed by atoms with van der Waals surface area (Å²) in [6.07, 6.45) is -9.15. The maximum atomic E-state index is 10.3. The molecule has 0 aromatic heterocycles. The van der Waals surface area contributed by atoms with Crippen LogP contribution in [-0.2, 0) is 24.0 Å². The van der Waals surface area contributed by atoms with Gasteiger partial charge in [0.25, 0.3) is 0 Å². The summed E-state index contributed by atoms with van der Waals surface area (Å²) in [6.45, 7) is 0. The molecule has 0 saturated heterocycles. The van der Waals surface area contributed by atoms with Gasteiger partial charge in [0.2, 0.25) is 0 Å². The number of carbonyl (C=O) groups excluding carboxylic acids is 1. The fourth-order valence-electron chi connectivity index (χ4n) is 0.984. The Morgan fingerprint density at radius 1 is 0.690 bits per heavy atom. The molecule has 0 aromatic carbocycles. The van der Waals surface area contributed by atoms with Crippen molar-refractivity contribution in [1.82, 2.24) is 0 Å². The van der Waals surface area contributed by atoms with Gasteiger partial charge in [-0.05, 0) is 6.16 Å². The Labute approximate surface area is 204 Å². The zero-order valence-electron chi connectivity index (χ0n) is 14.9. The van der Waals surface area contributed by atoms with Crippen LogP contribution in [0.5, 0.6) is 0 Å². The minimum atomic E-state index is -2.74. The van der Waals surface area contributed by atoms with E-state index in [-0.39, 0.29) is 59.1 Å². The Kier molecular flexibility index (Phi) is 24.4. The molecule has 156 valence electrons. The van der Waals surface area contributed by atoms with E-state index < -0.39 is 66.7 Å². The number of carbonyl (C=O) groups is 6. The van der Waals surface area contributed by atoms with Gasteiger partial charge in [-0.25, -0.2) is 14.4 Å². The summed E-state index contributed by atoms with van der Waals surface area (Å²) in [6, 6.07) is 0. The van der Waals surface area contributed by atoms with Crippen molar-refractivity contribution >= 4 is 36.0 Å². The summed E-state index contributed by atoms with van der Waals surface area (Å²) in [5, 5.41) is 83.0. The van der Waals surface area contributed by atoms with Gasteiger partial charge in [-0.3, -0.25) is 9.59 Å². The third-order valence-electron chi connectivity index (χ3n) is 2.09. The number of aliphatic hydroxyl groups excluding tert-OH is 2. The third-order valence-corrected chi connectivity index (χ3v) is 2.09. The van der Waals surface area contributed by atoms with Crippen molar-refractivity contribution < 1.29 is 139 Å². The average molecular weight is 448 g/mol. The molecule has 0 radical (unpaired) electrons. The van der Waals surface area contributed by atoms with E-state index in [0.29, 0.717) is 0 Å². The van der Waals surface area contributed by atoms with E-state index in [9.17, 15) is 24.0 Å². The van der Waals surface area contributed by atoms with Gasteiger partial charge in [0.15, 0.2) is 17.8 Å². The minimum absolute atomic E-state index is 0. The Hall–Kier alpha value is -1.50.